The Morgan fingerprint density at radius 2 is 1.81 bits per heavy atom. The van der Waals surface area contributed by atoms with Crippen molar-refractivity contribution in [2.24, 2.45) is 0 Å². The minimum absolute atomic E-state index is 0.0573. The van der Waals surface area contributed by atoms with Gasteiger partial charge in [0.1, 0.15) is 28.8 Å². The topological polar surface area (TPSA) is 129 Å². The third-order valence-corrected chi connectivity index (χ3v) is 7.75. The molecule has 0 aliphatic carbocycles. The van der Waals surface area contributed by atoms with Crippen molar-refractivity contribution in [3.05, 3.63) is 83.5 Å². The molecule has 37 heavy (non-hydrogen) atoms. The predicted octanol–water partition coefficient (Wildman–Crippen LogP) is 4.72. The summed E-state index contributed by atoms with van der Waals surface area (Å²) in [5.74, 6) is -0.473. The quantitative estimate of drug-likeness (QED) is 0.295. The molecular weight excluding hydrogens is 516 g/mol. The number of hydrogen-bond acceptors (Lipinski definition) is 7. The van der Waals surface area contributed by atoms with Crippen molar-refractivity contribution in [2.45, 2.75) is 17.9 Å². The van der Waals surface area contributed by atoms with Crippen molar-refractivity contribution in [1.29, 1.82) is 5.26 Å². The molecular formula is C26H23ClN4O5S. The molecule has 0 amide bonds. The van der Waals surface area contributed by atoms with E-state index in [2.05, 4.69) is 5.10 Å². The number of benzene rings is 3. The molecule has 1 aromatic heterocycles. The van der Waals surface area contributed by atoms with Gasteiger partial charge in [0.15, 0.2) is 0 Å². The van der Waals surface area contributed by atoms with Gasteiger partial charge in [-0.15, -0.1) is 0 Å². The number of nitrogens with zero attached hydrogens (tertiary/aromatic N) is 4. The lowest BCUT2D eigenvalue weighted by Crippen LogP contribution is -2.27. The molecule has 0 aliphatic rings. The van der Waals surface area contributed by atoms with E-state index < -0.39 is 20.7 Å². The van der Waals surface area contributed by atoms with Gasteiger partial charge >= 0.3 is 0 Å². The Morgan fingerprint density at radius 3 is 2.57 bits per heavy atom. The van der Waals surface area contributed by atoms with Crippen molar-refractivity contribution in [2.75, 3.05) is 13.7 Å². The van der Waals surface area contributed by atoms with Crippen molar-refractivity contribution >= 4 is 21.6 Å². The minimum Gasteiger partial charge on any atom is -0.507 e. The standard InChI is InChI=1S/C26H23ClN4O5S/c1-30(17-18-7-2-5-10-25(18)36-14-6-12-28)37(34,35)26-15-19(23(32)16-24(26)33)21-11-13-29-31(21)22-9-4-3-8-20(22)27/h2-5,7-11,13,15-16,32-33H,6,14,17H2,1H3. The predicted molar refractivity (Wildman–Crippen MR) is 138 cm³/mol. The summed E-state index contributed by atoms with van der Waals surface area (Å²) >= 11 is 6.32. The Labute approximate surface area is 219 Å². The van der Waals surface area contributed by atoms with Crippen LogP contribution in [-0.4, -0.2) is 46.4 Å². The first-order chi connectivity index (χ1) is 17.7. The maximum absolute atomic E-state index is 13.5. The summed E-state index contributed by atoms with van der Waals surface area (Å²) < 4.78 is 35.2. The molecule has 0 radical (unpaired) electrons. The summed E-state index contributed by atoms with van der Waals surface area (Å²) in [4.78, 5) is -0.391. The van der Waals surface area contributed by atoms with E-state index in [1.165, 1.54) is 24.0 Å². The Hall–Kier alpha value is -4.04. The first kappa shape index (κ1) is 26.0. The number of sulfonamides is 1. The number of phenolic OH excluding ortho intramolecular Hbond substituents is 2. The molecule has 0 spiro atoms. The monoisotopic (exact) mass is 538 g/mol. The van der Waals surface area contributed by atoms with Gasteiger partial charge in [-0.3, -0.25) is 0 Å². The van der Waals surface area contributed by atoms with Crippen LogP contribution in [0.4, 0.5) is 0 Å². The first-order valence-corrected chi connectivity index (χ1v) is 12.9. The van der Waals surface area contributed by atoms with Crippen LogP contribution in [0.3, 0.4) is 0 Å². The van der Waals surface area contributed by atoms with Crippen LogP contribution in [0.1, 0.15) is 12.0 Å². The highest BCUT2D eigenvalue weighted by atomic mass is 35.5. The number of hydrogen-bond donors (Lipinski definition) is 2. The third-order valence-electron chi connectivity index (χ3n) is 5.60. The fourth-order valence-electron chi connectivity index (χ4n) is 3.77. The van der Waals surface area contributed by atoms with E-state index in [1.54, 1.807) is 54.6 Å². The molecule has 9 nitrogen and oxygen atoms in total. The van der Waals surface area contributed by atoms with Crippen molar-refractivity contribution in [3.8, 4) is 40.3 Å². The van der Waals surface area contributed by atoms with Crippen molar-refractivity contribution < 1.29 is 23.4 Å². The van der Waals surface area contributed by atoms with Gasteiger partial charge in [0.25, 0.3) is 0 Å². The number of para-hydroxylation sites is 2. The summed E-state index contributed by atoms with van der Waals surface area (Å²) in [6.07, 6.45) is 1.69. The molecule has 0 aliphatic heterocycles. The summed E-state index contributed by atoms with van der Waals surface area (Å²) in [5, 5.41) is 34.6. The maximum Gasteiger partial charge on any atom is 0.246 e. The van der Waals surface area contributed by atoms with Gasteiger partial charge in [-0.1, -0.05) is 41.9 Å². The van der Waals surface area contributed by atoms with Crippen LogP contribution < -0.4 is 4.74 Å². The first-order valence-electron chi connectivity index (χ1n) is 11.1. The zero-order valence-electron chi connectivity index (χ0n) is 19.7. The van der Waals surface area contributed by atoms with Gasteiger partial charge in [-0.2, -0.15) is 14.7 Å². The van der Waals surface area contributed by atoms with Crippen LogP contribution in [0.5, 0.6) is 17.2 Å². The van der Waals surface area contributed by atoms with Gasteiger partial charge in [-0.05, 0) is 30.3 Å². The highest BCUT2D eigenvalue weighted by molar-refractivity contribution is 7.89. The van der Waals surface area contributed by atoms with Gasteiger partial charge < -0.3 is 14.9 Å². The van der Waals surface area contributed by atoms with E-state index in [0.29, 0.717) is 27.7 Å². The fraction of sp³-hybridized carbons (Fsp3) is 0.154. The van der Waals surface area contributed by atoms with Gasteiger partial charge in [0.2, 0.25) is 10.0 Å². The molecule has 0 saturated heterocycles. The number of phenols is 2. The highest BCUT2D eigenvalue weighted by Gasteiger charge is 2.28. The van der Waals surface area contributed by atoms with Gasteiger partial charge in [0.05, 0.1) is 35.1 Å². The highest BCUT2D eigenvalue weighted by Crippen LogP contribution is 2.39. The molecule has 0 unspecified atom stereocenters. The second-order valence-electron chi connectivity index (χ2n) is 8.04. The van der Waals surface area contributed by atoms with E-state index in [1.807, 2.05) is 6.07 Å². The Morgan fingerprint density at radius 1 is 1.08 bits per heavy atom. The van der Waals surface area contributed by atoms with E-state index >= 15 is 0 Å². The zero-order chi connectivity index (χ0) is 26.6. The van der Waals surface area contributed by atoms with Gasteiger partial charge in [-0.25, -0.2) is 13.1 Å². The summed E-state index contributed by atoms with van der Waals surface area (Å²) in [6, 6.07) is 19.7. The smallest absolute Gasteiger partial charge is 0.246 e. The minimum atomic E-state index is -4.22. The summed E-state index contributed by atoms with van der Waals surface area (Å²) in [5.41, 5.74) is 1.64. The van der Waals surface area contributed by atoms with Crippen LogP contribution in [0, 0.1) is 11.3 Å². The lowest BCUT2D eigenvalue weighted by molar-refractivity contribution is 0.319. The number of rotatable bonds is 9. The van der Waals surface area contributed by atoms with Crippen LogP contribution >= 0.6 is 11.6 Å². The molecule has 3 aromatic carbocycles. The molecule has 1 heterocycles. The average molecular weight is 539 g/mol. The average Bonchev–Trinajstić information content (AvgIpc) is 3.34. The number of halogens is 1. The Balaban J connectivity index is 1.71. The molecule has 0 atom stereocenters. The lowest BCUT2D eigenvalue weighted by atomic mass is 10.1. The van der Waals surface area contributed by atoms with Crippen LogP contribution in [-0.2, 0) is 16.6 Å². The normalized spacial score (nSPS) is 11.4. The molecule has 2 N–H and O–H groups in total. The van der Waals surface area contributed by atoms with Crippen LogP contribution in [0.15, 0.2) is 77.8 Å². The van der Waals surface area contributed by atoms with E-state index in [4.69, 9.17) is 21.6 Å². The van der Waals surface area contributed by atoms with E-state index in [0.717, 1.165) is 10.4 Å². The Kier molecular flexibility index (Phi) is 7.69. The van der Waals surface area contributed by atoms with Crippen molar-refractivity contribution in [3.63, 3.8) is 0 Å². The molecule has 190 valence electrons. The molecule has 0 saturated carbocycles. The zero-order valence-corrected chi connectivity index (χ0v) is 21.3. The molecule has 11 heteroatoms. The fourth-order valence-corrected chi connectivity index (χ4v) is 5.22. The SMILES string of the molecule is CN(Cc1ccccc1OCCC#N)S(=O)(=O)c1cc(-c2ccnn2-c2ccccc2Cl)c(O)cc1O. The van der Waals surface area contributed by atoms with Crippen LogP contribution in [0.25, 0.3) is 16.9 Å². The molecule has 4 aromatic rings. The number of ether oxygens (including phenoxy) is 1. The largest absolute Gasteiger partial charge is 0.507 e. The molecule has 0 fully saturated rings. The lowest BCUT2D eigenvalue weighted by Gasteiger charge is -2.20. The summed E-state index contributed by atoms with van der Waals surface area (Å²) in [7, 11) is -2.84. The van der Waals surface area contributed by atoms with Gasteiger partial charge in [0, 0.05) is 30.8 Å². The Bertz CT molecular complexity index is 1580. The second-order valence-corrected chi connectivity index (χ2v) is 10.5. The number of aromatic hydroxyl groups is 2. The van der Waals surface area contributed by atoms with Crippen LogP contribution in [0.2, 0.25) is 5.02 Å². The van der Waals surface area contributed by atoms with E-state index in [-0.39, 0.29) is 30.9 Å². The maximum atomic E-state index is 13.5. The number of aromatic nitrogens is 2. The van der Waals surface area contributed by atoms with Crippen molar-refractivity contribution in [1.82, 2.24) is 14.1 Å². The molecule has 4 rings (SSSR count). The second kappa shape index (κ2) is 10.9. The summed E-state index contributed by atoms with van der Waals surface area (Å²) in [6.45, 7) is 0.115. The third kappa shape index (κ3) is 5.39. The number of nitriles is 1. The molecule has 0 bridgehead atoms. The van der Waals surface area contributed by atoms with E-state index in [9.17, 15) is 18.6 Å².